The van der Waals surface area contributed by atoms with Gasteiger partial charge in [0.25, 0.3) is 0 Å². The molecule has 1 unspecified atom stereocenters. The zero-order chi connectivity index (χ0) is 15.3. The number of halogens is 3. The molecule has 1 aliphatic rings. The highest BCUT2D eigenvalue weighted by Gasteiger charge is 2.28. The smallest absolute Gasteiger partial charge is 0.370 e. The number of hydrogen-bond donors (Lipinski definition) is 1. The van der Waals surface area contributed by atoms with Crippen LogP contribution >= 0.6 is 0 Å². The fourth-order valence-electron chi connectivity index (χ4n) is 2.68. The monoisotopic (exact) mass is 302 g/mol. The third kappa shape index (κ3) is 4.61. The number of nitrogens with one attached hydrogen (secondary N) is 1. The van der Waals surface area contributed by atoms with Crippen molar-refractivity contribution in [2.24, 2.45) is 0 Å². The van der Waals surface area contributed by atoms with Crippen molar-refractivity contribution >= 4 is 5.69 Å². The molecule has 1 aromatic carbocycles. The summed E-state index contributed by atoms with van der Waals surface area (Å²) in [5.74, 6) is 0. The summed E-state index contributed by atoms with van der Waals surface area (Å²) in [6.45, 7) is 3.17. The van der Waals surface area contributed by atoms with Crippen molar-refractivity contribution in [1.82, 2.24) is 5.32 Å². The molecule has 0 amide bonds. The summed E-state index contributed by atoms with van der Waals surface area (Å²) in [6, 6.07) is 8.36. The molecule has 1 aromatic rings. The lowest BCUT2D eigenvalue weighted by molar-refractivity contribution is -0.173. The van der Waals surface area contributed by atoms with Crippen LogP contribution in [0.25, 0.3) is 0 Å². The number of nitrogens with zero attached hydrogens (tertiary/aromatic N) is 1. The molecule has 0 radical (unpaired) electrons. The van der Waals surface area contributed by atoms with Gasteiger partial charge in [0.1, 0.15) is 6.61 Å². The van der Waals surface area contributed by atoms with Crippen molar-refractivity contribution < 1.29 is 17.9 Å². The van der Waals surface area contributed by atoms with Gasteiger partial charge in [-0.3, -0.25) is 0 Å². The van der Waals surface area contributed by atoms with Gasteiger partial charge in [0.2, 0.25) is 0 Å². The number of hydrogen-bond acceptors (Lipinski definition) is 3. The first-order valence-electron chi connectivity index (χ1n) is 7.23. The van der Waals surface area contributed by atoms with E-state index in [9.17, 15) is 13.2 Å². The van der Waals surface area contributed by atoms with Crippen LogP contribution in [-0.4, -0.2) is 39.0 Å². The molecular formula is C15H21F3N2O. The molecule has 6 heteroatoms. The standard InChI is InChI=1S/C15H21F3N2O/c1-2-19-13-7-8-20(9-10-21-11-15(16,17)18)14-6-4-3-5-12(13)14/h3-6,13,19H,2,7-11H2,1H3. The highest BCUT2D eigenvalue weighted by atomic mass is 19.4. The third-order valence-electron chi connectivity index (χ3n) is 3.56. The molecule has 1 N–H and O–H groups in total. The lowest BCUT2D eigenvalue weighted by Gasteiger charge is -2.36. The van der Waals surface area contributed by atoms with E-state index in [2.05, 4.69) is 23.2 Å². The number of alkyl halides is 3. The van der Waals surface area contributed by atoms with Crippen molar-refractivity contribution in [1.29, 1.82) is 0 Å². The van der Waals surface area contributed by atoms with Gasteiger partial charge in [-0.1, -0.05) is 25.1 Å². The van der Waals surface area contributed by atoms with Gasteiger partial charge >= 0.3 is 6.18 Å². The van der Waals surface area contributed by atoms with Crippen LogP contribution < -0.4 is 10.2 Å². The maximum absolute atomic E-state index is 12.0. The highest BCUT2D eigenvalue weighted by molar-refractivity contribution is 5.56. The van der Waals surface area contributed by atoms with Crippen molar-refractivity contribution in [2.45, 2.75) is 25.6 Å². The van der Waals surface area contributed by atoms with Gasteiger partial charge in [0.15, 0.2) is 0 Å². The first-order valence-corrected chi connectivity index (χ1v) is 7.23. The number of fused-ring (bicyclic) bond motifs is 1. The van der Waals surface area contributed by atoms with Crippen molar-refractivity contribution in [3.05, 3.63) is 29.8 Å². The summed E-state index contributed by atoms with van der Waals surface area (Å²) in [6.07, 6.45) is -3.31. The fraction of sp³-hybridized carbons (Fsp3) is 0.600. The number of rotatable bonds is 6. The minimum absolute atomic E-state index is 0.0831. The largest absolute Gasteiger partial charge is 0.411 e. The van der Waals surface area contributed by atoms with Crippen LogP contribution in [0.1, 0.15) is 24.9 Å². The fourth-order valence-corrected chi connectivity index (χ4v) is 2.68. The van der Waals surface area contributed by atoms with Crippen LogP contribution in [0.2, 0.25) is 0 Å². The Balaban J connectivity index is 1.94. The van der Waals surface area contributed by atoms with Gasteiger partial charge in [0.05, 0.1) is 6.61 Å². The number of ether oxygens (including phenoxy) is 1. The first kappa shape index (κ1) is 16.1. The number of para-hydroxylation sites is 1. The maximum atomic E-state index is 12.0. The topological polar surface area (TPSA) is 24.5 Å². The first-order chi connectivity index (χ1) is 10.0. The van der Waals surface area contributed by atoms with Gasteiger partial charge in [-0.2, -0.15) is 13.2 Å². The van der Waals surface area contributed by atoms with Crippen molar-refractivity contribution in [3.63, 3.8) is 0 Å². The average Bonchev–Trinajstić information content (AvgIpc) is 2.44. The second-order valence-corrected chi connectivity index (χ2v) is 5.11. The summed E-state index contributed by atoms with van der Waals surface area (Å²) in [5.41, 5.74) is 2.30. The van der Waals surface area contributed by atoms with Crippen LogP contribution in [0.5, 0.6) is 0 Å². The van der Waals surface area contributed by atoms with E-state index in [1.165, 1.54) is 5.56 Å². The van der Waals surface area contributed by atoms with E-state index in [4.69, 9.17) is 4.74 Å². The Hall–Kier alpha value is -1.27. The van der Waals surface area contributed by atoms with E-state index >= 15 is 0 Å². The van der Waals surface area contributed by atoms with Gasteiger partial charge in [-0.25, -0.2) is 0 Å². The zero-order valence-corrected chi connectivity index (χ0v) is 12.1. The summed E-state index contributed by atoms with van der Waals surface area (Å²) in [4.78, 5) is 2.10. The SMILES string of the molecule is CCNC1CCN(CCOCC(F)(F)F)c2ccccc21. The molecule has 0 spiro atoms. The molecule has 118 valence electrons. The quantitative estimate of drug-likeness (QED) is 0.817. The van der Waals surface area contributed by atoms with E-state index < -0.39 is 12.8 Å². The molecule has 1 aliphatic heterocycles. The Kier molecular flexibility index (Phi) is 5.47. The van der Waals surface area contributed by atoms with Crippen LogP contribution in [0, 0.1) is 0 Å². The Bertz CT molecular complexity index is 451. The third-order valence-corrected chi connectivity index (χ3v) is 3.56. The molecule has 21 heavy (non-hydrogen) atoms. The predicted octanol–water partition coefficient (Wildman–Crippen LogP) is 3.13. The molecule has 0 fully saturated rings. The second kappa shape index (κ2) is 7.13. The van der Waals surface area contributed by atoms with E-state index in [1.807, 2.05) is 18.2 Å². The van der Waals surface area contributed by atoms with Crippen LogP contribution in [0.15, 0.2) is 24.3 Å². The molecule has 0 bridgehead atoms. The normalized spacial score (nSPS) is 18.7. The van der Waals surface area contributed by atoms with Gasteiger partial charge in [-0.15, -0.1) is 0 Å². The lowest BCUT2D eigenvalue weighted by Crippen LogP contribution is -2.38. The lowest BCUT2D eigenvalue weighted by atomic mass is 9.96. The Morgan fingerprint density at radius 1 is 1.33 bits per heavy atom. The maximum Gasteiger partial charge on any atom is 0.411 e. The summed E-state index contributed by atoms with van der Waals surface area (Å²) >= 11 is 0. The van der Waals surface area contributed by atoms with Gasteiger partial charge in [-0.05, 0) is 24.6 Å². The predicted molar refractivity (Wildman–Crippen MR) is 76.6 cm³/mol. The minimum Gasteiger partial charge on any atom is -0.370 e. The molecule has 0 saturated carbocycles. The summed E-state index contributed by atoms with van der Waals surface area (Å²) < 4.78 is 40.9. The molecular weight excluding hydrogens is 281 g/mol. The van der Waals surface area contributed by atoms with Crippen LogP contribution in [0.4, 0.5) is 18.9 Å². The van der Waals surface area contributed by atoms with Crippen LogP contribution in [0.3, 0.4) is 0 Å². The molecule has 2 rings (SSSR count). The van der Waals surface area contributed by atoms with Gasteiger partial charge in [0, 0.05) is 24.8 Å². The second-order valence-electron chi connectivity index (χ2n) is 5.11. The van der Waals surface area contributed by atoms with E-state index in [-0.39, 0.29) is 6.61 Å². The van der Waals surface area contributed by atoms with Gasteiger partial charge < -0.3 is 15.0 Å². The zero-order valence-electron chi connectivity index (χ0n) is 12.1. The average molecular weight is 302 g/mol. The number of benzene rings is 1. The molecule has 0 aromatic heterocycles. The van der Waals surface area contributed by atoms with Crippen LogP contribution in [-0.2, 0) is 4.74 Å². The van der Waals surface area contributed by atoms with Crippen molar-refractivity contribution in [3.8, 4) is 0 Å². The summed E-state index contributed by atoms with van der Waals surface area (Å²) in [7, 11) is 0. The molecule has 1 atom stereocenters. The Morgan fingerprint density at radius 3 is 2.81 bits per heavy atom. The molecule has 1 heterocycles. The summed E-state index contributed by atoms with van der Waals surface area (Å²) in [5, 5.41) is 3.44. The molecule has 0 aliphatic carbocycles. The molecule has 0 saturated heterocycles. The Morgan fingerprint density at radius 2 is 2.10 bits per heavy atom. The Labute approximate surface area is 123 Å². The van der Waals surface area contributed by atoms with E-state index in [0.29, 0.717) is 12.6 Å². The van der Waals surface area contributed by atoms with E-state index in [1.54, 1.807) is 0 Å². The number of anilines is 1. The van der Waals surface area contributed by atoms with E-state index in [0.717, 1.165) is 25.2 Å². The minimum atomic E-state index is -4.25. The highest BCUT2D eigenvalue weighted by Crippen LogP contribution is 2.33. The van der Waals surface area contributed by atoms with Crippen molar-refractivity contribution in [2.75, 3.05) is 37.7 Å². The molecule has 3 nitrogen and oxygen atoms in total.